The van der Waals surface area contributed by atoms with E-state index in [0.29, 0.717) is 28.6 Å². The third-order valence-electron chi connectivity index (χ3n) is 4.46. The van der Waals surface area contributed by atoms with Crippen molar-refractivity contribution in [2.24, 2.45) is 0 Å². The average molecular weight is 459 g/mol. The van der Waals surface area contributed by atoms with Gasteiger partial charge in [-0.25, -0.2) is 8.42 Å². The van der Waals surface area contributed by atoms with E-state index in [1.807, 2.05) is 32.0 Å². The van der Waals surface area contributed by atoms with Crippen LogP contribution in [0.2, 0.25) is 5.02 Å². The maximum atomic E-state index is 12.6. The highest BCUT2D eigenvalue weighted by Crippen LogP contribution is 2.21. The van der Waals surface area contributed by atoms with Crippen LogP contribution in [-0.4, -0.2) is 20.4 Å². The van der Waals surface area contributed by atoms with Crippen LogP contribution < -0.4 is 14.8 Å². The zero-order valence-corrected chi connectivity index (χ0v) is 18.7. The summed E-state index contributed by atoms with van der Waals surface area (Å²) in [5, 5.41) is 3.28. The number of ether oxygens (including phenoxy) is 1. The molecule has 0 saturated heterocycles. The highest BCUT2D eigenvalue weighted by molar-refractivity contribution is 7.92. The van der Waals surface area contributed by atoms with Gasteiger partial charge < -0.3 is 10.1 Å². The Hall–Kier alpha value is -3.03. The van der Waals surface area contributed by atoms with Crippen molar-refractivity contribution in [3.8, 4) is 5.75 Å². The third kappa shape index (κ3) is 6.23. The van der Waals surface area contributed by atoms with E-state index in [4.69, 9.17) is 16.3 Å². The molecule has 0 heterocycles. The van der Waals surface area contributed by atoms with Gasteiger partial charge in [-0.2, -0.15) is 0 Å². The van der Waals surface area contributed by atoms with Gasteiger partial charge in [-0.1, -0.05) is 30.7 Å². The van der Waals surface area contributed by atoms with Crippen molar-refractivity contribution in [3.05, 3.63) is 83.4 Å². The van der Waals surface area contributed by atoms with Gasteiger partial charge in [0.1, 0.15) is 5.75 Å². The number of nitrogens with one attached hydrogen (secondary N) is 2. The molecule has 31 heavy (non-hydrogen) atoms. The molecule has 3 rings (SSSR count). The Labute approximate surface area is 187 Å². The second-order valence-corrected chi connectivity index (χ2v) is 9.08. The molecule has 1 amide bonds. The molecule has 1 atom stereocenters. The van der Waals surface area contributed by atoms with E-state index in [-0.39, 0.29) is 10.8 Å². The molecule has 6 nitrogen and oxygen atoms in total. The summed E-state index contributed by atoms with van der Waals surface area (Å²) in [6.45, 7) is 3.81. The van der Waals surface area contributed by atoms with Crippen LogP contribution in [0.1, 0.15) is 18.9 Å². The maximum absolute atomic E-state index is 12.6. The molecule has 3 aromatic carbocycles. The van der Waals surface area contributed by atoms with Crippen LogP contribution in [0, 0.1) is 6.92 Å². The smallest absolute Gasteiger partial charge is 0.265 e. The lowest BCUT2D eigenvalue weighted by atomic mass is 10.2. The molecule has 3 aromatic rings. The number of aryl methyl sites for hydroxylation is 1. The number of carbonyl (C=O) groups is 1. The van der Waals surface area contributed by atoms with Crippen molar-refractivity contribution in [2.45, 2.75) is 31.3 Å². The lowest BCUT2D eigenvalue weighted by Crippen LogP contribution is -2.32. The molecule has 162 valence electrons. The minimum absolute atomic E-state index is 0.0727. The van der Waals surface area contributed by atoms with Crippen LogP contribution in [-0.2, 0) is 14.8 Å². The first-order valence-corrected chi connectivity index (χ1v) is 11.6. The van der Waals surface area contributed by atoms with E-state index in [1.165, 1.54) is 24.3 Å². The summed E-state index contributed by atoms with van der Waals surface area (Å²) in [4.78, 5) is 12.7. The number of anilines is 2. The van der Waals surface area contributed by atoms with Crippen LogP contribution in [0.15, 0.2) is 77.7 Å². The van der Waals surface area contributed by atoms with Crippen molar-refractivity contribution < 1.29 is 17.9 Å². The van der Waals surface area contributed by atoms with Crippen molar-refractivity contribution in [3.63, 3.8) is 0 Å². The average Bonchev–Trinajstić information content (AvgIpc) is 2.74. The van der Waals surface area contributed by atoms with Crippen LogP contribution in [0.5, 0.6) is 5.75 Å². The van der Waals surface area contributed by atoms with Gasteiger partial charge in [0.15, 0.2) is 6.10 Å². The Kier molecular flexibility index (Phi) is 7.20. The summed E-state index contributed by atoms with van der Waals surface area (Å²) < 4.78 is 33.4. The molecule has 0 aliphatic rings. The molecule has 0 radical (unpaired) electrons. The lowest BCUT2D eigenvalue weighted by Gasteiger charge is -2.18. The first-order valence-electron chi connectivity index (χ1n) is 9.69. The number of rotatable bonds is 8. The Morgan fingerprint density at radius 2 is 1.65 bits per heavy atom. The summed E-state index contributed by atoms with van der Waals surface area (Å²) in [6.07, 6.45) is -0.186. The van der Waals surface area contributed by atoms with Gasteiger partial charge in [0, 0.05) is 16.4 Å². The van der Waals surface area contributed by atoms with Gasteiger partial charge in [-0.3, -0.25) is 9.52 Å². The topological polar surface area (TPSA) is 84.5 Å². The fourth-order valence-corrected chi connectivity index (χ4v) is 4.03. The second-order valence-electron chi connectivity index (χ2n) is 6.96. The Morgan fingerprint density at radius 1 is 1.00 bits per heavy atom. The number of hydrogen-bond acceptors (Lipinski definition) is 4. The second kappa shape index (κ2) is 9.85. The number of hydrogen-bond donors (Lipinski definition) is 2. The molecule has 0 spiro atoms. The molecule has 0 saturated carbocycles. The monoisotopic (exact) mass is 458 g/mol. The van der Waals surface area contributed by atoms with Crippen LogP contribution in [0.3, 0.4) is 0 Å². The first kappa shape index (κ1) is 22.7. The molecule has 0 aromatic heterocycles. The Morgan fingerprint density at radius 3 is 2.26 bits per heavy atom. The van der Waals surface area contributed by atoms with E-state index < -0.39 is 16.1 Å². The molecule has 0 aliphatic heterocycles. The summed E-state index contributed by atoms with van der Waals surface area (Å²) in [5.74, 6) is 0.315. The van der Waals surface area contributed by atoms with Crippen molar-refractivity contribution in [2.75, 3.05) is 10.0 Å². The summed E-state index contributed by atoms with van der Waals surface area (Å²) in [6, 6.07) is 19.8. The SMILES string of the molecule is CC[C@@H](Oc1cccc(C)c1)C(=O)Nc1ccc(S(=O)(=O)Nc2ccc(Cl)cc2)cc1. The molecule has 0 bridgehead atoms. The van der Waals surface area contributed by atoms with Crippen molar-refractivity contribution in [1.82, 2.24) is 0 Å². The lowest BCUT2D eigenvalue weighted by molar-refractivity contribution is -0.122. The first-order chi connectivity index (χ1) is 14.8. The zero-order valence-electron chi connectivity index (χ0n) is 17.1. The van der Waals surface area contributed by atoms with E-state index in [1.54, 1.807) is 30.3 Å². The van der Waals surface area contributed by atoms with E-state index in [9.17, 15) is 13.2 Å². The highest BCUT2D eigenvalue weighted by atomic mass is 35.5. The minimum Gasteiger partial charge on any atom is -0.481 e. The fraction of sp³-hybridized carbons (Fsp3) is 0.174. The number of benzene rings is 3. The van der Waals surface area contributed by atoms with Gasteiger partial charge in [0.2, 0.25) is 0 Å². The normalized spacial score (nSPS) is 12.1. The maximum Gasteiger partial charge on any atom is 0.265 e. The zero-order chi connectivity index (χ0) is 22.4. The number of amides is 1. The van der Waals surface area contributed by atoms with Gasteiger partial charge in [-0.05, 0) is 79.6 Å². The summed E-state index contributed by atoms with van der Waals surface area (Å²) in [5.41, 5.74) is 1.92. The number of halogens is 1. The van der Waals surface area contributed by atoms with E-state index in [2.05, 4.69) is 10.0 Å². The molecule has 0 aliphatic carbocycles. The molecule has 0 unspecified atom stereocenters. The van der Waals surface area contributed by atoms with Gasteiger partial charge in [0.25, 0.3) is 15.9 Å². The van der Waals surface area contributed by atoms with E-state index >= 15 is 0 Å². The minimum atomic E-state index is -3.77. The molecule has 8 heteroatoms. The standard InChI is InChI=1S/C23H23ClN2O4S/c1-3-22(30-20-6-4-5-16(2)15-20)23(27)25-18-11-13-21(14-12-18)31(28,29)26-19-9-7-17(24)8-10-19/h4-15,22,26H,3H2,1-2H3,(H,25,27)/t22-/m1/s1. The van der Waals surface area contributed by atoms with Gasteiger partial charge >= 0.3 is 0 Å². The predicted molar refractivity (Wildman–Crippen MR) is 123 cm³/mol. The number of sulfonamides is 1. The molecular formula is C23H23ClN2O4S. The third-order valence-corrected chi connectivity index (χ3v) is 6.11. The summed E-state index contributed by atoms with van der Waals surface area (Å²) in [7, 11) is -3.77. The highest BCUT2D eigenvalue weighted by Gasteiger charge is 2.19. The largest absolute Gasteiger partial charge is 0.481 e. The number of carbonyl (C=O) groups excluding carboxylic acids is 1. The van der Waals surface area contributed by atoms with Crippen LogP contribution in [0.4, 0.5) is 11.4 Å². The van der Waals surface area contributed by atoms with Crippen molar-refractivity contribution in [1.29, 1.82) is 0 Å². The van der Waals surface area contributed by atoms with Gasteiger partial charge in [0.05, 0.1) is 4.90 Å². The molecular weight excluding hydrogens is 436 g/mol. The molecule has 2 N–H and O–H groups in total. The van der Waals surface area contributed by atoms with Crippen LogP contribution >= 0.6 is 11.6 Å². The predicted octanol–water partition coefficient (Wildman–Crippen LogP) is 5.25. The van der Waals surface area contributed by atoms with E-state index in [0.717, 1.165) is 5.56 Å². The molecule has 0 fully saturated rings. The Bertz CT molecular complexity index is 1150. The fourth-order valence-electron chi connectivity index (χ4n) is 2.85. The quantitative estimate of drug-likeness (QED) is 0.483. The van der Waals surface area contributed by atoms with Gasteiger partial charge in [-0.15, -0.1) is 0 Å². The van der Waals surface area contributed by atoms with Crippen LogP contribution in [0.25, 0.3) is 0 Å². The summed E-state index contributed by atoms with van der Waals surface area (Å²) >= 11 is 5.82. The van der Waals surface area contributed by atoms with Crippen molar-refractivity contribution >= 4 is 38.9 Å². The Balaban J connectivity index is 1.66.